The van der Waals surface area contributed by atoms with Gasteiger partial charge in [-0.3, -0.25) is 0 Å². The Morgan fingerprint density at radius 3 is 2.83 bits per heavy atom. The monoisotopic (exact) mass is 243 g/mol. The molecule has 0 bridgehead atoms. The van der Waals surface area contributed by atoms with Crippen LogP contribution in [-0.2, 0) is 0 Å². The first-order valence-electron chi connectivity index (χ1n) is 5.23. The number of nitriles is 1. The standard InChI is InChI=1S/C12H10FN5/c13-9-2-1-3-10(6-9)18-12-7-11(15-5-4-14)16-8-17-12/h1-3,6-8H,5H2,(H2,15,16,17,18). The highest BCUT2D eigenvalue weighted by Crippen LogP contribution is 2.16. The third kappa shape index (κ3) is 3.15. The van der Waals surface area contributed by atoms with Crippen LogP contribution in [0.4, 0.5) is 21.7 Å². The molecule has 2 aromatic rings. The second-order valence-corrected chi connectivity index (χ2v) is 3.44. The van der Waals surface area contributed by atoms with E-state index < -0.39 is 0 Å². The van der Waals surface area contributed by atoms with Gasteiger partial charge in [-0.1, -0.05) is 6.07 Å². The van der Waals surface area contributed by atoms with Gasteiger partial charge in [0.2, 0.25) is 0 Å². The molecule has 2 N–H and O–H groups in total. The fraction of sp³-hybridized carbons (Fsp3) is 0.0833. The third-order valence-electron chi connectivity index (χ3n) is 2.11. The maximum Gasteiger partial charge on any atom is 0.135 e. The Kier molecular flexibility index (Phi) is 3.66. The molecule has 5 nitrogen and oxygen atoms in total. The third-order valence-corrected chi connectivity index (χ3v) is 2.11. The van der Waals surface area contributed by atoms with Crippen molar-refractivity contribution in [3.05, 3.63) is 42.5 Å². The minimum absolute atomic E-state index is 0.163. The number of hydrogen-bond acceptors (Lipinski definition) is 5. The lowest BCUT2D eigenvalue weighted by Gasteiger charge is -2.07. The summed E-state index contributed by atoms with van der Waals surface area (Å²) in [6.07, 6.45) is 1.36. The van der Waals surface area contributed by atoms with E-state index in [0.717, 1.165) is 0 Å². The van der Waals surface area contributed by atoms with Crippen molar-refractivity contribution in [1.82, 2.24) is 9.97 Å². The van der Waals surface area contributed by atoms with Gasteiger partial charge in [-0.2, -0.15) is 5.26 Å². The molecule has 2 rings (SSSR count). The first kappa shape index (κ1) is 11.8. The van der Waals surface area contributed by atoms with Crippen LogP contribution in [0.3, 0.4) is 0 Å². The Labute approximate surface area is 103 Å². The van der Waals surface area contributed by atoms with Crippen molar-refractivity contribution >= 4 is 17.3 Å². The Bertz CT molecular complexity index is 579. The van der Waals surface area contributed by atoms with Crippen LogP contribution in [0, 0.1) is 17.1 Å². The van der Waals surface area contributed by atoms with Crippen molar-refractivity contribution in [2.24, 2.45) is 0 Å². The lowest BCUT2D eigenvalue weighted by atomic mass is 10.3. The molecule has 0 unspecified atom stereocenters. The van der Waals surface area contributed by atoms with Gasteiger partial charge in [0.1, 0.15) is 30.3 Å². The van der Waals surface area contributed by atoms with E-state index in [1.54, 1.807) is 18.2 Å². The van der Waals surface area contributed by atoms with Gasteiger partial charge in [0.25, 0.3) is 0 Å². The molecule has 0 aliphatic heterocycles. The second kappa shape index (κ2) is 5.59. The van der Waals surface area contributed by atoms with E-state index in [1.165, 1.54) is 18.5 Å². The van der Waals surface area contributed by atoms with E-state index in [4.69, 9.17) is 5.26 Å². The van der Waals surface area contributed by atoms with Gasteiger partial charge < -0.3 is 10.6 Å². The van der Waals surface area contributed by atoms with E-state index in [2.05, 4.69) is 20.6 Å². The number of rotatable bonds is 4. The number of nitrogens with zero attached hydrogens (tertiary/aromatic N) is 3. The summed E-state index contributed by atoms with van der Waals surface area (Å²) in [6.45, 7) is 0.163. The number of hydrogen-bond donors (Lipinski definition) is 2. The molecule has 0 amide bonds. The molecule has 90 valence electrons. The number of nitrogens with one attached hydrogen (secondary N) is 2. The number of halogens is 1. The van der Waals surface area contributed by atoms with Crippen molar-refractivity contribution in [2.75, 3.05) is 17.2 Å². The van der Waals surface area contributed by atoms with E-state index in [9.17, 15) is 4.39 Å². The summed E-state index contributed by atoms with van der Waals surface area (Å²) in [6, 6.07) is 9.66. The Morgan fingerprint density at radius 1 is 1.22 bits per heavy atom. The van der Waals surface area contributed by atoms with Gasteiger partial charge in [-0.25, -0.2) is 14.4 Å². The molecule has 0 atom stereocenters. The van der Waals surface area contributed by atoms with Gasteiger partial charge in [0.05, 0.1) is 6.07 Å². The Hall–Kier alpha value is -2.68. The topological polar surface area (TPSA) is 73.6 Å². The predicted molar refractivity (Wildman–Crippen MR) is 65.8 cm³/mol. The van der Waals surface area contributed by atoms with Crippen molar-refractivity contribution < 1.29 is 4.39 Å². The van der Waals surface area contributed by atoms with E-state index in [-0.39, 0.29) is 12.4 Å². The number of aromatic nitrogens is 2. The highest BCUT2D eigenvalue weighted by Gasteiger charge is 2.00. The highest BCUT2D eigenvalue weighted by atomic mass is 19.1. The lowest BCUT2D eigenvalue weighted by Crippen LogP contribution is -2.02. The van der Waals surface area contributed by atoms with Crippen molar-refractivity contribution in [3.8, 4) is 6.07 Å². The summed E-state index contributed by atoms with van der Waals surface area (Å²) in [5.74, 6) is 0.735. The predicted octanol–water partition coefficient (Wildman–Crippen LogP) is 2.29. The summed E-state index contributed by atoms with van der Waals surface area (Å²) in [7, 11) is 0. The molecule has 0 aliphatic carbocycles. The van der Waals surface area contributed by atoms with Crippen LogP contribution >= 0.6 is 0 Å². The first-order valence-corrected chi connectivity index (χ1v) is 5.23. The average Bonchev–Trinajstić information content (AvgIpc) is 2.37. The Balaban J connectivity index is 2.12. The van der Waals surface area contributed by atoms with Crippen LogP contribution in [0.25, 0.3) is 0 Å². The summed E-state index contributed by atoms with van der Waals surface area (Å²) >= 11 is 0. The molecule has 0 radical (unpaired) electrons. The van der Waals surface area contributed by atoms with Gasteiger partial charge >= 0.3 is 0 Å². The fourth-order valence-corrected chi connectivity index (χ4v) is 1.37. The van der Waals surface area contributed by atoms with Gasteiger partial charge in [0.15, 0.2) is 0 Å². The number of benzene rings is 1. The summed E-state index contributed by atoms with van der Waals surface area (Å²) in [5, 5.41) is 14.2. The van der Waals surface area contributed by atoms with E-state index in [0.29, 0.717) is 17.3 Å². The normalized spacial score (nSPS) is 9.56. The molecule has 18 heavy (non-hydrogen) atoms. The van der Waals surface area contributed by atoms with Crippen molar-refractivity contribution in [1.29, 1.82) is 5.26 Å². The molecule has 0 saturated carbocycles. The molecule has 1 aromatic carbocycles. The quantitative estimate of drug-likeness (QED) is 0.806. The zero-order valence-electron chi connectivity index (χ0n) is 9.39. The zero-order chi connectivity index (χ0) is 12.8. The lowest BCUT2D eigenvalue weighted by molar-refractivity contribution is 0.628. The minimum Gasteiger partial charge on any atom is -0.357 e. The SMILES string of the molecule is N#CCNc1cc(Nc2cccc(F)c2)ncn1. The molecular weight excluding hydrogens is 233 g/mol. The Morgan fingerprint density at radius 2 is 2.06 bits per heavy atom. The average molecular weight is 243 g/mol. The number of anilines is 3. The molecule has 0 spiro atoms. The van der Waals surface area contributed by atoms with Crippen LogP contribution < -0.4 is 10.6 Å². The van der Waals surface area contributed by atoms with Crippen molar-refractivity contribution in [2.45, 2.75) is 0 Å². The molecule has 1 heterocycles. The van der Waals surface area contributed by atoms with Crippen molar-refractivity contribution in [3.63, 3.8) is 0 Å². The van der Waals surface area contributed by atoms with Crippen LogP contribution in [0.2, 0.25) is 0 Å². The maximum atomic E-state index is 13.0. The van der Waals surface area contributed by atoms with Gasteiger partial charge in [-0.15, -0.1) is 0 Å². The van der Waals surface area contributed by atoms with Gasteiger partial charge in [-0.05, 0) is 18.2 Å². The van der Waals surface area contributed by atoms with Crippen LogP contribution in [0.5, 0.6) is 0 Å². The highest BCUT2D eigenvalue weighted by molar-refractivity contribution is 5.58. The van der Waals surface area contributed by atoms with Crippen LogP contribution in [0.1, 0.15) is 0 Å². The second-order valence-electron chi connectivity index (χ2n) is 3.44. The molecule has 0 saturated heterocycles. The van der Waals surface area contributed by atoms with E-state index in [1.807, 2.05) is 6.07 Å². The zero-order valence-corrected chi connectivity index (χ0v) is 9.39. The fourth-order valence-electron chi connectivity index (χ4n) is 1.37. The van der Waals surface area contributed by atoms with E-state index >= 15 is 0 Å². The molecular formula is C12H10FN5. The summed E-state index contributed by atoms with van der Waals surface area (Å²) < 4.78 is 13.0. The minimum atomic E-state index is -0.322. The summed E-state index contributed by atoms with van der Waals surface area (Å²) in [5.41, 5.74) is 0.597. The van der Waals surface area contributed by atoms with Crippen LogP contribution in [-0.4, -0.2) is 16.5 Å². The first-order chi connectivity index (χ1) is 8.78. The van der Waals surface area contributed by atoms with Gasteiger partial charge in [0, 0.05) is 11.8 Å². The van der Waals surface area contributed by atoms with Crippen LogP contribution in [0.15, 0.2) is 36.7 Å². The molecule has 6 heteroatoms. The molecule has 0 aliphatic rings. The molecule has 0 fully saturated rings. The smallest absolute Gasteiger partial charge is 0.135 e. The largest absolute Gasteiger partial charge is 0.357 e. The maximum absolute atomic E-state index is 13.0. The molecule has 1 aromatic heterocycles. The summed E-state index contributed by atoms with van der Waals surface area (Å²) in [4.78, 5) is 7.95.